The summed E-state index contributed by atoms with van der Waals surface area (Å²) < 4.78 is 8.01. The average Bonchev–Trinajstić information content (AvgIpc) is 3.29. The molecule has 2 fully saturated rings. The molecule has 29 heavy (non-hydrogen) atoms. The van der Waals surface area contributed by atoms with E-state index in [1.165, 1.54) is 5.56 Å². The molecule has 1 aromatic heterocycles. The Hall–Kier alpha value is -1.61. The largest absolute Gasteiger partial charge is 0.491 e. The summed E-state index contributed by atoms with van der Waals surface area (Å²) in [4.78, 5) is 4.81. The second kappa shape index (κ2) is 10.4. The average molecular weight is 418 g/mol. The summed E-state index contributed by atoms with van der Waals surface area (Å²) in [6.07, 6.45) is 5.43. The first kappa shape index (κ1) is 20.7. The van der Waals surface area contributed by atoms with E-state index in [1.807, 2.05) is 36.5 Å². The summed E-state index contributed by atoms with van der Waals surface area (Å²) in [6, 6.07) is 8.79. The molecule has 0 saturated carbocycles. The number of likely N-dealkylation sites (tertiary alicyclic amines) is 1. The monoisotopic (exact) mass is 417 g/mol. The van der Waals surface area contributed by atoms with E-state index in [0.717, 1.165) is 62.8 Å². The number of aromatic nitrogens is 3. The van der Waals surface area contributed by atoms with Crippen LogP contribution in [0.3, 0.4) is 0 Å². The van der Waals surface area contributed by atoms with Crippen LogP contribution in [0.25, 0.3) is 0 Å². The Kier molecular flexibility index (Phi) is 7.43. The van der Waals surface area contributed by atoms with Gasteiger partial charge in [0, 0.05) is 56.8 Å². The van der Waals surface area contributed by atoms with Crippen molar-refractivity contribution in [3.8, 4) is 5.75 Å². The minimum absolute atomic E-state index is 0.345. The highest BCUT2D eigenvalue weighted by Gasteiger charge is 2.20. The molecule has 3 heterocycles. The van der Waals surface area contributed by atoms with Gasteiger partial charge >= 0.3 is 0 Å². The van der Waals surface area contributed by atoms with E-state index >= 15 is 0 Å². The first-order chi connectivity index (χ1) is 14.3. The molecule has 8 heteroatoms. The highest BCUT2D eigenvalue weighted by atomic mass is 32.2. The Balaban J connectivity index is 1.21. The maximum Gasteiger partial charge on any atom is 0.119 e. The molecule has 2 aliphatic heterocycles. The molecule has 0 radical (unpaired) electrons. The van der Waals surface area contributed by atoms with Crippen molar-refractivity contribution in [2.45, 2.75) is 31.5 Å². The zero-order chi connectivity index (χ0) is 19.9. The number of thioether (sulfide) groups is 1. The van der Waals surface area contributed by atoms with Crippen LogP contribution in [0.15, 0.2) is 36.9 Å². The van der Waals surface area contributed by atoms with Crippen molar-refractivity contribution >= 4 is 11.8 Å². The number of aliphatic hydroxyl groups excluding tert-OH is 1. The van der Waals surface area contributed by atoms with E-state index in [2.05, 4.69) is 36.7 Å². The first-order valence-corrected chi connectivity index (χ1v) is 11.7. The maximum atomic E-state index is 10.3. The number of piperidine rings is 1. The number of hydrogen-bond donors (Lipinski definition) is 1. The van der Waals surface area contributed by atoms with Crippen LogP contribution in [-0.2, 0) is 6.54 Å². The normalized spacial score (nSPS) is 20.6. The highest BCUT2D eigenvalue weighted by Crippen LogP contribution is 2.24. The molecule has 0 bridgehead atoms. The summed E-state index contributed by atoms with van der Waals surface area (Å²) in [7, 11) is 0. The summed E-state index contributed by atoms with van der Waals surface area (Å²) in [5.41, 5.74) is 1.26. The van der Waals surface area contributed by atoms with E-state index < -0.39 is 6.10 Å². The van der Waals surface area contributed by atoms with Gasteiger partial charge in [0.05, 0.1) is 0 Å². The maximum absolute atomic E-state index is 10.3. The molecule has 1 unspecified atom stereocenters. The lowest BCUT2D eigenvalue weighted by molar-refractivity contribution is 0.0715. The van der Waals surface area contributed by atoms with Gasteiger partial charge in [-0.2, -0.15) is 11.8 Å². The third kappa shape index (κ3) is 6.18. The minimum Gasteiger partial charge on any atom is -0.491 e. The van der Waals surface area contributed by atoms with Crippen LogP contribution in [0.5, 0.6) is 5.75 Å². The number of rotatable bonds is 8. The van der Waals surface area contributed by atoms with Crippen molar-refractivity contribution in [3.63, 3.8) is 0 Å². The molecule has 7 nitrogen and oxygen atoms in total. The molecule has 1 N–H and O–H groups in total. The zero-order valence-corrected chi connectivity index (χ0v) is 17.7. The van der Waals surface area contributed by atoms with Crippen molar-refractivity contribution in [3.05, 3.63) is 42.5 Å². The molecule has 2 aromatic rings. The Morgan fingerprint density at radius 2 is 1.83 bits per heavy atom. The smallest absolute Gasteiger partial charge is 0.119 e. The molecule has 0 aliphatic carbocycles. The zero-order valence-electron chi connectivity index (χ0n) is 16.9. The Labute approximate surface area is 177 Å². The standard InChI is InChI=1S/C21H31N5O2S/c27-20(14-25-8-10-29-11-9-25)15-28-21-3-1-2-18(12-21)13-24-6-4-19(5-7-24)26-16-22-23-17-26/h1-3,12,16-17,19-20,27H,4-11,13-15H2. The van der Waals surface area contributed by atoms with Crippen molar-refractivity contribution in [2.24, 2.45) is 0 Å². The fourth-order valence-electron chi connectivity index (χ4n) is 4.09. The van der Waals surface area contributed by atoms with Crippen molar-refractivity contribution in [1.29, 1.82) is 0 Å². The predicted octanol–water partition coefficient (Wildman–Crippen LogP) is 1.90. The molecule has 2 aliphatic rings. The van der Waals surface area contributed by atoms with Gasteiger partial charge in [0.2, 0.25) is 0 Å². The molecular weight excluding hydrogens is 386 g/mol. The van der Waals surface area contributed by atoms with E-state index in [9.17, 15) is 5.11 Å². The van der Waals surface area contributed by atoms with Gasteiger partial charge in [0.1, 0.15) is 31.1 Å². The second-order valence-electron chi connectivity index (χ2n) is 7.94. The number of nitrogens with zero attached hydrogens (tertiary/aromatic N) is 5. The molecule has 2 saturated heterocycles. The van der Waals surface area contributed by atoms with E-state index in [-0.39, 0.29) is 0 Å². The molecular formula is C21H31N5O2S. The lowest BCUT2D eigenvalue weighted by Gasteiger charge is -2.32. The molecule has 158 valence electrons. The van der Waals surface area contributed by atoms with Crippen LogP contribution in [-0.4, -0.2) is 86.6 Å². The van der Waals surface area contributed by atoms with Gasteiger partial charge in [-0.3, -0.25) is 9.80 Å². The van der Waals surface area contributed by atoms with Crippen molar-refractivity contribution < 1.29 is 9.84 Å². The van der Waals surface area contributed by atoms with Crippen LogP contribution >= 0.6 is 11.8 Å². The van der Waals surface area contributed by atoms with Crippen LogP contribution in [0, 0.1) is 0 Å². The van der Waals surface area contributed by atoms with E-state index in [4.69, 9.17) is 4.74 Å². The quantitative estimate of drug-likeness (QED) is 0.704. The third-order valence-electron chi connectivity index (χ3n) is 5.74. The van der Waals surface area contributed by atoms with E-state index in [0.29, 0.717) is 19.2 Å². The number of hydrogen-bond acceptors (Lipinski definition) is 7. The second-order valence-corrected chi connectivity index (χ2v) is 9.17. The van der Waals surface area contributed by atoms with Crippen molar-refractivity contribution in [2.75, 3.05) is 50.8 Å². The number of aliphatic hydroxyl groups is 1. The van der Waals surface area contributed by atoms with Gasteiger partial charge in [-0.1, -0.05) is 12.1 Å². The van der Waals surface area contributed by atoms with Gasteiger partial charge in [0.25, 0.3) is 0 Å². The van der Waals surface area contributed by atoms with Crippen LogP contribution in [0.1, 0.15) is 24.4 Å². The van der Waals surface area contributed by atoms with Gasteiger partial charge in [-0.05, 0) is 30.5 Å². The fourth-order valence-corrected chi connectivity index (χ4v) is 5.07. The number of benzene rings is 1. The highest BCUT2D eigenvalue weighted by molar-refractivity contribution is 7.99. The summed E-state index contributed by atoms with van der Waals surface area (Å²) in [6.45, 7) is 6.23. The Morgan fingerprint density at radius 3 is 2.59 bits per heavy atom. The molecule has 0 amide bonds. The molecule has 1 aromatic carbocycles. The SMILES string of the molecule is OC(COc1cccc(CN2CCC(n3cnnc3)CC2)c1)CN1CCSCC1. The number of β-amino-alcohol motifs (C(OH)–C–C–N with tert-alkyl or cyclic N) is 1. The van der Waals surface area contributed by atoms with Gasteiger partial charge in [0.15, 0.2) is 0 Å². The van der Waals surface area contributed by atoms with Crippen LogP contribution in [0.4, 0.5) is 0 Å². The topological polar surface area (TPSA) is 66.7 Å². The molecule has 1 atom stereocenters. The fraction of sp³-hybridized carbons (Fsp3) is 0.619. The summed E-state index contributed by atoms with van der Waals surface area (Å²) in [5, 5.41) is 18.1. The first-order valence-electron chi connectivity index (χ1n) is 10.5. The minimum atomic E-state index is -0.446. The summed E-state index contributed by atoms with van der Waals surface area (Å²) >= 11 is 1.99. The Bertz CT molecular complexity index is 730. The van der Waals surface area contributed by atoms with Crippen LogP contribution in [0.2, 0.25) is 0 Å². The number of ether oxygens (including phenoxy) is 1. The predicted molar refractivity (Wildman–Crippen MR) is 115 cm³/mol. The van der Waals surface area contributed by atoms with Crippen molar-refractivity contribution in [1.82, 2.24) is 24.6 Å². The third-order valence-corrected chi connectivity index (χ3v) is 6.68. The molecule has 4 rings (SSSR count). The van der Waals surface area contributed by atoms with Gasteiger partial charge < -0.3 is 14.4 Å². The molecule has 0 spiro atoms. The lowest BCUT2D eigenvalue weighted by Crippen LogP contribution is -2.40. The lowest BCUT2D eigenvalue weighted by atomic mass is 10.0. The van der Waals surface area contributed by atoms with E-state index in [1.54, 1.807) is 0 Å². The Morgan fingerprint density at radius 1 is 1.07 bits per heavy atom. The van der Waals surface area contributed by atoms with Crippen LogP contribution < -0.4 is 4.74 Å². The van der Waals surface area contributed by atoms with Gasteiger partial charge in [-0.25, -0.2) is 0 Å². The van der Waals surface area contributed by atoms with Gasteiger partial charge in [-0.15, -0.1) is 10.2 Å². The summed E-state index contributed by atoms with van der Waals surface area (Å²) in [5.74, 6) is 3.16.